The molecular formula is C14H22N2. The highest BCUT2D eigenvalue weighted by atomic mass is 14.9. The molecule has 1 aliphatic rings. The molecule has 88 valence electrons. The maximum absolute atomic E-state index is 5.92. The van der Waals surface area contributed by atoms with Crippen molar-refractivity contribution in [1.82, 2.24) is 0 Å². The molecule has 0 aliphatic heterocycles. The summed E-state index contributed by atoms with van der Waals surface area (Å²) in [6, 6.07) is 6.16. The molecule has 1 saturated carbocycles. The molecule has 0 amide bonds. The van der Waals surface area contributed by atoms with E-state index in [1.807, 2.05) is 6.07 Å². The lowest BCUT2D eigenvalue weighted by Gasteiger charge is -2.12. The zero-order valence-corrected chi connectivity index (χ0v) is 10.1. The summed E-state index contributed by atoms with van der Waals surface area (Å²) in [4.78, 5) is 0. The first-order chi connectivity index (χ1) is 7.75. The van der Waals surface area contributed by atoms with Crippen LogP contribution in [0.2, 0.25) is 0 Å². The first-order valence-corrected chi connectivity index (χ1v) is 6.36. The predicted octanol–water partition coefficient (Wildman–Crippen LogP) is 3.57. The SMILES string of the molecule is Cc1ccc(N)c(NCCC2CCCC2)c1. The topological polar surface area (TPSA) is 38.0 Å². The molecule has 0 unspecified atom stereocenters. The molecule has 0 heterocycles. The first-order valence-electron chi connectivity index (χ1n) is 6.36. The van der Waals surface area contributed by atoms with Gasteiger partial charge in [-0.15, -0.1) is 0 Å². The molecule has 0 atom stereocenters. The van der Waals surface area contributed by atoms with Crippen molar-refractivity contribution in [3.05, 3.63) is 23.8 Å². The van der Waals surface area contributed by atoms with E-state index in [9.17, 15) is 0 Å². The van der Waals surface area contributed by atoms with Gasteiger partial charge in [-0.05, 0) is 37.0 Å². The van der Waals surface area contributed by atoms with E-state index in [2.05, 4.69) is 24.4 Å². The third-order valence-electron chi connectivity index (χ3n) is 3.55. The smallest absolute Gasteiger partial charge is 0.0576 e. The number of hydrogen-bond acceptors (Lipinski definition) is 2. The number of nitrogen functional groups attached to an aromatic ring is 1. The number of aryl methyl sites for hydroxylation is 1. The van der Waals surface area contributed by atoms with Gasteiger partial charge in [0.1, 0.15) is 0 Å². The number of rotatable bonds is 4. The number of hydrogen-bond donors (Lipinski definition) is 2. The van der Waals surface area contributed by atoms with Crippen LogP contribution < -0.4 is 11.1 Å². The summed E-state index contributed by atoms with van der Waals surface area (Å²) in [7, 11) is 0. The third-order valence-corrected chi connectivity index (χ3v) is 3.55. The molecular weight excluding hydrogens is 196 g/mol. The fourth-order valence-corrected chi connectivity index (χ4v) is 2.53. The van der Waals surface area contributed by atoms with Gasteiger partial charge in [0.2, 0.25) is 0 Å². The Morgan fingerprint density at radius 3 is 2.81 bits per heavy atom. The summed E-state index contributed by atoms with van der Waals surface area (Å²) in [6.45, 7) is 3.15. The van der Waals surface area contributed by atoms with E-state index < -0.39 is 0 Å². The van der Waals surface area contributed by atoms with E-state index in [0.29, 0.717) is 0 Å². The van der Waals surface area contributed by atoms with Crippen LogP contribution in [-0.2, 0) is 0 Å². The Kier molecular flexibility index (Phi) is 3.70. The lowest BCUT2D eigenvalue weighted by Crippen LogP contribution is -2.08. The van der Waals surface area contributed by atoms with Crippen molar-refractivity contribution in [1.29, 1.82) is 0 Å². The van der Waals surface area contributed by atoms with Gasteiger partial charge in [0.25, 0.3) is 0 Å². The molecule has 2 nitrogen and oxygen atoms in total. The minimum Gasteiger partial charge on any atom is -0.397 e. The quantitative estimate of drug-likeness (QED) is 0.758. The van der Waals surface area contributed by atoms with E-state index in [1.54, 1.807) is 0 Å². The number of anilines is 2. The van der Waals surface area contributed by atoms with E-state index in [0.717, 1.165) is 23.8 Å². The van der Waals surface area contributed by atoms with Crippen molar-refractivity contribution in [2.75, 3.05) is 17.6 Å². The van der Waals surface area contributed by atoms with Crippen LogP contribution in [0.15, 0.2) is 18.2 Å². The summed E-state index contributed by atoms with van der Waals surface area (Å²) < 4.78 is 0. The van der Waals surface area contributed by atoms with Crippen LogP contribution in [0.1, 0.15) is 37.7 Å². The summed E-state index contributed by atoms with van der Waals surface area (Å²) in [5.74, 6) is 0.943. The van der Waals surface area contributed by atoms with Crippen LogP contribution in [0.3, 0.4) is 0 Å². The zero-order valence-electron chi connectivity index (χ0n) is 10.1. The van der Waals surface area contributed by atoms with Crippen molar-refractivity contribution in [3.63, 3.8) is 0 Å². The second-order valence-electron chi connectivity index (χ2n) is 4.96. The monoisotopic (exact) mass is 218 g/mol. The molecule has 3 N–H and O–H groups in total. The van der Waals surface area contributed by atoms with Gasteiger partial charge in [0.15, 0.2) is 0 Å². The molecule has 0 spiro atoms. The summed E-state index contributed by atoms with van der Waals surface area (Å²) in [5.41, 5.74) is 9.14. The van der Waals surface area contributed by atoms with Crippen molar-refractivity contribution in [3.8, 4) is 0 Å². The molecule has 1 aromatic carbocycles. The highest BCUT2D eigenvalue weighted by Gasteiger charge is 2.14. The largest absolute Gasteiger partial charge is 0.397 e. The van der Waals surface area contributed by atoms with Gasteiger partial charge >= 0.3 is 0 Å². The Labute approximate surface area is 98.2 Å². The Hall–Kier alpha value is -1.18. The maximum atomic E-state index is 5.92. The third kappa shape index (κ3) is 2.91. The summed E-state index contributed by atoms with van der Waals surface area (Å²) in [6.07, 6.45) is 6.98. The molecule has 0 bridgehead atoms. The molecule has 0 radical (unpaired) electrons. The molecule has 2 rings (SSSR count). The Balaban J connectivity index is 1.82. The Morgan fingerprint density at radius 2 is 2.06 bits per heavy atom. The van der Waals surface area contributed by atoms with E-state index in [4.69, 9.17) is 5.73 Å². The van der Waals surface area contributed by atoms with Gasteiger partial charge in [0, 0.05) is 6.54 Å². The second-order valence-corrected chi connectivity index (χ2v) is 4.96. The number of benzene rings is 1. The minimum absolute atomic E-state index is 0.858. The first kappa shape index (κ1) is 11.3. The van der Waals surface area contributed by atoms with Crippen LogP contribution in [0.5, 0.6) is 0 Å². The summed E-state index contributed by atoms with van der Waals surface area (Å²) in [5, 5.41) is 3.46. The molecule has 16 heavy (non-hydrogen) atoms. The zero-order chi connectivity index (χ0) is 11.4. The van der Waals surface area contributed by atoms with Crippen LogP contribution in [0, 0.1) is 12.8 Å². The van der Waals surface area contributed by atoms with Crippen LogP contribution in [0.4, 0.5) is 11.4 Å². The standard InChI is InChI=1S/C14H22N2/c1-11-6-7-13(15)14(10-11)16-9-8-12-4-2-3-5-12/h6-7,10,12,16H,2-5,8-9,15H2,1H3. The van der Waals surface area contributed by atoms with E-state index in [-0.39, 0.29) is 0 Å². The lowest BCUT2D eigenvalue weighted by atomic mass is 10.0. The number of nitrogens with two attached hydrogens (primary N) is 1. The molecule has 0 aromatic heterocycles. The highest BCUT2D eigenvalue weighted by Crippen LogP contribution is 2.28. The summed E-state index contributed by atoms with van der Waals surface area (Å²) >= 11 is 0. The Morgan fingerprint density at radius 1 is 1.31 bits per heavy atom. The normalized spacial score (nSPS) is 16.6. The van der Waals surface area contributed by atoms with E-state index >= 15 is 0 Å². The number of nitrogens with one attached hydrogen (secondary N) is 1. The minimum atomic E-state index is 0.858. The van der Waals surface area contributed by atoms with Gasteiger partial charge in [-0.2, -0.15) is 0 Å². The van der Waals surface area contributed by atoms with Crippen molar-refractivity contribution < 1.29 is 0 Å². The van der Waals surface area contributed by atoms with Crippen LogP contribution in [-0.4, -0.2) is 6.54 Å². The van der Waals surface area contributed by atoms with Gasteiger partial charge < -0.3 is 11.1 Å². The lowest BCUT2D eigenvalue weighted by molar-refractivity contribution is 0.519. The van der Waals surface area contributed by atoms with Crippen molar-refractivity contribution >= 4 is 11.4 Å². The maximum Gasteiger partial charge on any atom is 0.0576 e. The van der Waals surface area contributed by atoms with E-state index in [1.165, 1.54) is 37.7 Å². The molecule has 2 heteroatoms. The van der Waals surface area contributed by atoms with Crippen molar-refractivity contribution in [2.45, 2.75) is 39.0 Å². The van der Waals surface area contributed by atoms with Gasteiger partial charge in [-0.3, -0.25) is 0 Å². The second kappa shape index (κ2) is 5.24. The predicted molar refractivity (Wildman–Crippen MR) is 70.7 cm³/mol. The van der Waals surface area contributed by atoms with Gasteiger partial charge in [0.05, 0.1) is 11.4 Å². The fraction of sp³-hybridized carbons (Fsp3) is 0.571. The van der Waals surface area contributed by atoms with Gasteiger partial charge in [-0.1, -0.05) is 31.7 Å². The van der Waals surface area contributed by atoms with Gasteiger partial charge in [-0.25, -0.2) is 0 Å². The fourth-order valence-electron chi connectivity index (χ4n) is 2.53. The Bertz CT molecular complexity index is 341. The highest BCUT2D eigenvalue weighted by molar-refractivity contribution is 5.66. The van der Waals surface area contributed by atoms with Crippen LogP contribution in [0.25, 0.3) is 0 Å². The average Bonchev–Trinajstić information content (AvgIpc) is 2.76. The van der Waals surface area contributed by atoms with Crippen molar-refractivity contribution in [2.24, 2.45) is 5.92 Å². The molecule has 1 aromatic rings. The average molecular weight is 218 g/mol. The molecule has 1 aliphatic carbocycles. The molecule has 1 fully saturated rings. The van der Waals surface area contributed by atoms with Crippen LogP contribution >= 0.6 is 0 Å². The molecule has 0 saturated heterocycles.